The largest absolute Gasteiger partial charge is 0.546 e. The van der Waals surface area contributed by atoms with Crippen molar-refractivity contribution in [2.24, 2.45) is 0 Å². The van der Waals surface area contributed by atoms with Gasteiger partial charge in [0.15, 0.2) is 6.10 Å². The second-order valence-corrected chi connectivity index (χ2v) is 13.6. The second-order valence-electron chi connectivity index (χ2n) is 9.35. The van der Waals surface area contributed by atoms with E-state index in [1.165, 1.54) is 20.1 Å². The number of carbonyl (C=O) groups is 3. The number of ether oxygens (including phenoxy) is 2. The van der Waals surface area contributed by atoms with Crippen LogP contribution >= 0.6 is 0 Å². The van der Waals surface area contributed by atoms with Crippen LogP contribution in [0.3, 0.4) is 0 Å². The Morgan fingerprint density at radius 1 is 0.971 bits per heavy atom. The summed E-state index contributed by atoms with van der Waals surface area (Å²) in [4.78, 5) is 36.5. The molecule has 0 saturated heterocycles. The van der Waals surface area contributed by atoms with Crippen LogP contribution in [-0.4, -0.2) is 51.5 Å². The van der Waals surface area contributed by atoms with Gasteiger partial charge in [-0.3, -0.25) is 4.79 Å². The summed E-state index contributed by atoms with van der Waals surface area (Å²) in [5.41, 5.74) is 0. The lowest BCUT2D eigenvalue weighted by molar-refractivity contribution is -0.317. The Balaban J connectivity index is 2.28. The Labute approximate surface area is 206 Å². The fourth-order valence-electron chi connectivity index (χ4n) is 4.48. The molecule has 0 spiro atoms. The molecule has 0 radical (unpaired) electrons. The molecular weight excluding hydrogens is 466 g/mol. The third-order valence-corrected chi connectivity index (χ3v) is 11.0. The van der Waals surface area contributed by atoms with Gasteiger partial charge in [-0.25, -0.2) is 4.79 Å². The van der Waals surface area contributed by atoms with E-state index in [9.17, 15) is 19.5 Å². The van der Waals surface area contributed by atoms with Crippen LogP contribution in [0.25, 0.3) is 0 Å². The van der Waals surface area contributed by atoms with Crippen LogP contribution in [0.5, 0.6) is 0 Å². The van der Waals surface area contributed by atoms with E-state index in [0.717, 1.165) is 10.4 Å². The number of amides is 1. The highest BCUT2D eigenvalue weighted by molar-refractivity contribution is 6.99. The minimum atomic E-state index is -3.19. The Morgan fingerprint density at radius 3 is 1.89 bits per heavy atom. The summed E-state index contributed by atoms with van der Waals surface area (Å²) in [5.74, 6) is -3.23. The van der Waals surface area contributed by atoms with E-state index in [-0.39, 0.29) is 5.76 Å². The summed E-state index contributed by atoms with van der Waals surface area (Å²) < 4.78 is 17.2. The molecule has 3 atom stereocenters. The number of carbonyl (C=O) groups excluding carboxylic acids is 3. The highest BCUT2D eigenvalue weighted by atomic mass is 28.4. The fourth-order valence-corrected chi connectivity index (χ4v) is 9.12. The number of hydrogen-bond acceptors (Lipinski definition) is 7. The number of esters is 1. The van der Waals surface area contributed by atoms with Gasteiger partial charge in [0.1, 0.15) is 0 Å². The van der Waals surface area contributed by atoms with E-state index in [4.69, 9.17) is 13.9 Å². The number of rotatable bonds is 7. The molecule has 2 aromatic rings. The molecule has 0 fully saturated rings. The summed E-state index contributed by atoms with van der Waals surface area (Å²) in [6.07, 6.45) is -1.32. The van der Waals surface area contributed by atoms with Crippen molar-refractivity contribution in [2.75, 3.05) is 7.11 Å². The number of carboxylic acid groups (broad SMARTS) is 1. The lowest BCUT2D eigenvalue weighted by Gasteiger charge is -2.47. The van der Waals surface area contributed by atoms with Gasteiger partial charge < -0.3 is 29.1 Å². The third kappa shape index (κ3) is 5.31. The summed E-state index contributed by atoms with van der Waals surface area (Å²) in [6.45, 7) is 7.46. The zero-order valence-electron chi connectivity index (χ0n) is 20.4. The van der Waals surface area contributed by atoms with Gasteiger partial charge in [-0.15, -0.1) is 0 Å². The third-order valence-electron chi connectivity index (χ3n) is 5.97. The van der Waals surface area contributed by atoms with Crippen molar-refractivity contribution >= 4 is 36.5 Å². The first-order chi connectivity index (χ1) is 16.5. The summed E-state index contributed by atoms with van der Waals surface area (Å²) >= 11 is 0. The molecular formula is C26H30NO7Si-. The normalized spacial score (nSPS) is 20.3. The molecule has 0 saturated carbocycles. The van der Waals surface area contributed by atoms with Crippen molar-refractivity contribution in [2.45, 2.75) is 51.0 Å². The maximum Gasteiger partial charge on any atom is 0.373 e. The zero-order valence-corrected chi connectivity index (χ0v) is 21.4. The van der Waals surface area contributed by atoms with Gasteiger partial charge in [0.2, 0.25) is 11.7 Å². The lowest BCUT2D eigenvalue weighted by atomic mass is 10.0. The van der Waals surface area contributed by atoms with Gasteiger partial charge >= 0.3 is 5.97 Å². The van der Waals surface area contributed by atoms with Gasteiger partial charge in [-0.1, -0.05) is 81.4 Å². The Hall–Kier alpha value is -3.43. The summed E-state index contributed by atoms with van der Waals surface area (Å²) in [7, 11) is -2.02. The Bertz CT molecular complexity index is 1060. The molecule has 2 aromatic carbocycles. The van der Waals surface area contributed by atoms with Crippen LogP contribution in [0.4, 0.5) is 0 Å². The molecule has 1 heterocycles. The number of carboxylic acids is 1. The van der Waals surface area contributed by atoms with E-state index >= 15 is 0 Å². The van der Waals surface area contributed by atoms with E-state index in [0.29, 0.717) is 0 Å². The molecule has 1 aliphatic rings. The molecule has 35 heavy (non-hydrogen) atoms. The van der Waals surface area contributed by atoms with Crippen molar-refractivity contribution in [1.29, 1.82) is 0 Å². The highest BCUT2D eigenvalue weighted by Crippen LogP contribution is 2.39. The molecule has 0 bridgehead atoms. The molecule has 9 heteroatoms. The predicted octanol–water partition coefficient (Wildman–Crippen LogP) is 0.642. The Kier molecular flexibility index (Phi) is 7.82. The molecule has 0 unspecified atom stereocenters. The minimum absolute atomic E-state index is 0.314. The molecule has 1 N–H and O–H groups in total. The van der Waals surface area contributed by atoms with E-state index < -0.39 is 49.5 Å². The van der Waals surface area contributed by atoms with Crippen molar-refractivity contribution in [1.82, 2.24) is 5.32 Å². The molecule has 0 aromatic heterocycles. The number of methoxy groups -OCH3 is 1. The molecule has 186 valence electrons. The van der Waals surface area contributed by atoms with Crippen LogP contribution in [-0.2, 0) is 28.3 Å². The second kappa shape index (κ2) is 10.5. The van der Waals surface area contributed by atoms with Crippen molar-refractivity contribution in [3.63, 3.8) is 0 Å². The van der Waals surface area contributed by atoms with Crippen LogP contribution < -0.4 is 20.8 Å². The summed E-state index contributed by atoms with van der Waals surface area (Å²) in [6, 6.07) is 18.3. The molecule has 1 amide bonds. The van der Waals surface area contributed by atoms with Crippen molar-refractivity contribution < 1.29 is 33.4 Å². The van der Waals surface area contributed by atoms with Gasteiger partial charge in [0.25, 0.3) is 8.32 Å². The lowest BCUT2D eigenvalue weighted by Crippen LogP contribution is -2.70. The van der Waals surface area contributed by atoms with Crippen LogP contribution in [0.15, 0.2) is 72.5 Å². The molecule has 8 nitrogen and oxygen atoms in total. The van der Waals surface area contributed by atoms with E-state index in [1.807, 2.05) is 60.7 Å². The van der Waals surface area contributed by atoms with Crippen LogP contribution in [0, 0.1) is 0 Å². The zero-order chi connectivity index (χ0) is 25.8. The van der Waals surface area contributed by atoms with Gasteiger partial charge in [0, 0.05) is 6.92 Å². The fraction of sp³-hybridized carbons (Fsp3) is 0.346. The number of benzene rings is 2. The maximum atomic E-state index is 12.4. The Morgan fingerprint density at radius 2 is 1.49 bits per heavy atom. The van der Waals surface area contributed by atoms with Gasteiger partial charge in [-0.2, -0.15) is 0 Å². The molecule has 0 aliphatic carbocycles. The van der Waals surface area contributed by atoms with E-state index in [2.05, 4.69) is 26.1 Å². The first kappa shape index (κ1) is 26.2. The predicted molar refractivity (Wildman–Crippen MR) is 130 cm³/mol. The standard InChI is InChI=1S/C26H31NO7Si/c1-17(28)27-22-20(16-21(25(31)32-5)33-23(22)24(29)30)34-35(26(2,3)4,18-12-8-6-9-13-18)19-14-10-7-11-15-19/h6-16,20,22-23H,1-5H3,(H,27,28)(H,29,30)/p-1/t20-,22-,23+/m0/s1. The SMILES string of the molecule is COC(=O)C1=C[C@H](O[Si](c2ccccc2)(c2ccccc2)C(C)(C)C)[C@H](NC(C)=O)[C@H](C(=O)[O-])O1. The smallest absolute Gasteiger partial charge is 0.373 e. The van der Waals surface area contributed by atoms with Crippen molar-refractivity contribution in [3.05, 3.63) is 72.5 Å². The average Bonchev–Trinajstić information content (AvgIpc) is 2.82. The minimum Gasteiger partial charge on any atom is -0.546 e. The quantitative estimate of drug-likeness (QED) is 0.442. The molecule has 3 rings (SSSR count). The maximum absolute atomic E-state index is 12.4. The highest BCUT2D eigenvalue weighted by Gasteiger charge is 2.53. The number of hydrogen-bond donors (Lipinski definition) is 1. The van der Waals surface area contributed by atoms with Gasteiger partial charge in [-0.05, 0) is 21.5 Å². The topological polar surface area (TPSA) is 114 Å². The monoisotopic (exact) mass is 496 g/mol. The molecule has 1 aliphatic heterocycles. The van der Waals surface area contributed by atoms with Crippen LogP contribution in [0.1, 0.15) is 27.7 Å². The number of aliphatic carboxylic acids is 1. The van der Waals surface area contributed by atoms with Gasteiger partial charge in [0.05, 0.1) is 25.2 Å². The first-order valence-corrected chi connectivity index (χ1v) is 13.2. The first-order valence-electron chi connectivity index (χ1n) is 11.2. The number of nitrogens with one attached hydrogen (secondary N) is 1. The average molecular weight is 497 g/mol. The van der Waals surface area contributed by atoms with Crippen molar-refractivity contribution in [3.8, 4) is 0 Å². The van der Waals surface area contributed by atoms with Crippen LogP contribution in [0.2, 0.25) is 5.04 Å². The van der Waals surface area contributed by atoms with E-state index in [1.54, 1.807) is 0 Å². The summed E-state index contributed by atoms with van der Waals surface area (Å²) in [5, 5.41) is 16.1.